The Morgan fingerprint density at radius 1 is 1.00 bits per heavy atom. The normalized spacial score (nSPS) is 20.8. The van der Waals surface area contributed by atoms with Crippen LogP contribution in [0.2, 0.25) is 0 Å². The van der Waals surface area contributed by atoms with Gasteiger partial charge < -0.3 is 25.2 Å². The van der Waals surface area contributed by atoms with Gasteiger partial charge in [0.2, 0.25) is 5.91 Å². The first-order valence-corrected chi connectivity index (χ1v) is 11.8. The summed E-state index contributed by atoms with van der Waals surface area (Å²) >= 11 is 0. The molecular formula is C26H34N4O3. The van der Waals surface area contributed by atoms with Gasteiger partial charge in [0.05, 0.1) is 6.10 Å². The van der Waals surface area contributed by atoms with E-state index in [9.17, 15) is 9.59 Å². The summed E-state index contributed by atoms with van der Waals surface area (Å²) in [6.07, 6.45) is 3.23. The van der Waals surface area contributed by atoms with Crippen molar-refractivity contribution in [3.63, 3.8) is 0 Å². The summed E-state index contributed by atoms with van der Waals surface area (Å²) in [7, 11) is 3.76. The van der Waals surface area contributed by atoms with Crippen LogP contribution in [-0.4, -0.2) is 67.7 Å². The predicted octanol–water partition coefficient (Wildman–Crippen LogP) is 3.54. The van der Waals surface area contributed by atoms with Crippen molar-refractivity contribution in [2.45, 2.75) is 44.8 Å². The Hall–Kier alpha value is -2.90. The minimum absolute atomic E-state index is 0.170. The fourth-order valence-corrected chi connectivity index (χ4v) is 4.60. The van der Waals surface area contributed by atoms with Crippen molar-refractivity contribution in [3.05, 3.63) is 59.2 Å². The van der Waals surface area contributed by atoms with Crippen LogP contribution < -0.4 is 10.6 Å². The lowest BCUT2D eigenvalue weighted by Crippen LogP contribution is -2.45. The number of likely N-dealkylation sites (tertiary alicyclic amines) is 1. The summed E-state index contributed by atoms with van der Waals surface area (Å²) < 4.78 is 5.49. The molecule has 4 rings (SSSR count). The second-order valence-corrected chi connectivity index (χ2v) is 9.02. The third-order valence-corrected chi connectivity index (χ3v) is 6.77. The van der Waals surface area contributed by atoms with E-state index >= 15 is 0 Å². The molecule has 33 heavy (non-hydrogen) atoms. The average molecular weight is 451 g/mol. The summed E-state index contributed by atoms with van der Waals surface area (Å²) in [5.74, 6) is -0.184. The number of aryl methyl sites for hydroxylation is 1. The first kappa shape index (κ1) is 23.3. The molecule has 0 bridgehead atoms. The highest BCUT2D eigenvalue weighted by Gasteiger charge is 2.40. The van der Waals surface area contributed by atoms with E-state index in [1.165, 1.54) is 16.7 Å². The molecule has 1 saturated heterocycles. The van der Waals surface area contributed by atoms with Crippen LogP contribution in [0.15, 0.2) is 42.5 Å². The molecule has 7 heteroatoms. The first-order valence-electron chi connectivity index (χ1n) is 11.8. The number of hydrogen-bond acceptors (Lipinski definition) is 4. The van der Waals surface area contributed by atoms with Crippen LogP contribution in [0.25, 0.3) is 0 Å². The summed E-state index contributed by atoms with van der Waals surface area (Å²) in [6, 6.07) is 13.1. The summed E-state index contributed by atoms with van der Waals surface area (Å²) in [5.41, 5.74) is 5.32. The maximum absolute atomic E-state index is 13.2. The van der Waals surface area contributed by atoms with Gasteiger partial charge in [-0.3, -0.25) is 4.79 Å². The van der Waals surface area contributed by atoms with Gasteiger partial charge in [0, 0.05) is 44.5 Å². The monoisotopic (exact) mass is 450 g/mol. The number of benzene rings is 2. The number of urea groups is 1. The lowest BCUT2D eigenvalue weighted by Gasteiger charge is -2.24. The second-order valence-electron chi connectivity index (χ2n) is 9.02. The molecule has 2 atom stereocenters. The Morgan fingerprint density at radius 3 is 2.39 bits per heavy atom. The minimum atomic E-state index is -0.588. The zero-order valence-electron chi connectivity index (χ0n) is 19.8. The fourth-order valence-electron chi connectivity index (χ4n) is 4.60. The summed E-state index contributed by atoms with van der Waals surface area (Å²) in [5, 5.41) is 5.97. The number of fused-ring (bicyclic) bond motifs is 1. The Kier molecular flexibility index (Phi) is 7.30. The molecule has 0 spiro atoms. The SMILES string of the molecule is CCc1ccc(NC(=O)N2C[C@H](OC)C[C@@H]2C(=O)Nc2ccc3c(c2)CCN(C)CC3)cc1. The molecule has 176 valence electrons. The highest BCUT2D eigenvalue weighted by atomic mass is 16.5. The average Bonchev–Trinajstić information content (AvgIpc) is 3.19. The number of ether oxygens (including phenoxy) is 1. The van der Waals surface area contributed by atoms with E-state index in [1.807, 2.05) is 30.3 Å². The van der Waals surface area contributed by atoms with E-state index < -0.39 is 6.04 Å². The number of carbonyl (C=O) groups is 2. The van der Waals surface area contributed by atoms with Gasteiger partial charge in [-0.1, -0.05) is 25.1 Å². The first-order chi connectivity index (χ1) is 16.0. The molecule has 0 radical (unpaired) electrons. The Bertz CT molecular complexity index is 992. The lowest BCUT2D eigenvalue weighted by molar-refractivity contribution is -0.119. The van der Waals surface area contributed by atoms with Crippen LogP contribution in [0, 0.1) is 0 Å². The van der Waals surface area contributed by atoms with E-state index in [-0.39, 0.29) is 18.0 Å². The molecular weight excluding hydrogens is 416 g/mol. The number of hydrogen-bond donors (Lipinski definition) is 2. The zero-order valence-corrected chi connectivity index (χ0v) is 19.8. The summed E-state index contributed by atoms with van der Waals surface area (Å²) in [4.78, 5) is 30.2. The molecule has 2 aliphatic heterocycles. The van der Waals surface area contributed by atoms with Gasteiger partial charge >= 0.3 is 6.03 Å². The maximum atomic E-state index is 13.2. The topological polar surface area (TPSA) is 73.9 Å². The van der Waals surface area contributed by atoms with Crippen LogP contribution in [0.3, 0.4) is 0 Å². The third kappa shape index (κ3) is 5.54. The molecule has 3 amide bonds. The number of amides is 3. The van der Waals surface area contributed by atoms with Gasteiger partial charge in [0.25, 0.3) is 0 Å². The van der Waals surface area contributed by atoms with Gasteiger partial charge in [-0.25, -0.2) is 4.79 Å². The number of nitrogens with one attached hydrogen (secondary N) is 2. The summed E-state index contributed by atoms with van der Waals surface area (Å²) in [6.45, 7) is 4.53. The number of carbonyl (C=O) groups excluding carboxylic acids is 2. The van der Waals surface area contributed by atoms with Crippen LogP contribution >= 0.6 is 0 Å². The predicted molar refractivity (Wildman–Crippen MR) is 131 cm³/mol. The molecule has 2 aromatic carbocycles. The largest absolute Gasteiger partial charge is 0.380 e. The molecule has 0 saturated carbocycles. The van der Waals surface area contributed by atoms with Crippen molar-refractivity contribution in [1.29, 1.82) is 0 Å². The molecule has 1 fully saturated rings. The molecule has 2 heterocycles. The molecule has 0 aliphatic carbocycles. The molecule has 0 unspecified atom stereocenters. The number of methoxy groups -OCH3 is 1. The Balaban J connectivity index is 1.45. The molecule has 2 aromatic rings. The van der Waals surface area contributed by atoms with Gasteiger partial charge in [-0.2, -0.15) is 0 Å². The van der Waals surface area contributed by atoms with Crippen LogP contribution in [-0.2, 0) is 28.8 Å². The van der Waals surface area contributed by atoms with Crippen molar-refractivity contribution in [2.75, 3.05) is 44.4 Å². The van der Waals surface area contributed by atoms with E-state index in [2.05, 4.69) is 41.6 Å². The van der Waals surface area contributed by atoms with Crippen LogP contribution in [0.1, 0.15) is 30.0 Å². The number of rotatable bonds is 5. The Morgan fingerprint density at radius 2 is 1.70 bits per heavy atom. The lowest BCUT2D eigenvalue weighted by atomic mass is 10.0. The highest BCUT2D eigenvalue weighted by molar-refractivity contribution is 5.99. The molecule has 2 N–H and O–H groups in total. The quantitative estimate of drug-likeness (QED) is 0.731. The van der Waals surface area contributed by atoms with E-state index in [0.717, 1.165) is 38.0 Å². The van der Waals surface area contributed by atoms with Crippen molar-refractivity contribution in [1.82, 2.24) is 9.80 Å². The van der Waals surface area contributed by atoms with E-state index in [1.54, 1.807) is 12.0 Å². The fraction of sp³-hybridized carbons (Fsp3) is 0.462. The van der Waals surface area contributed by atoms with Crippen molar-refractivity contribution < 1.29 is 14.3 Å². The molecule has 2 aliphatic rings. The maximum Gasteiger partial charge on any atom is 0.322 e. The van der Waals surface area contributed by atoms with E-state index in [0.29, 0.717) is 18.7 Å². The number of likely N-dealkylation sites (N-methyl/N-ethyl adjacent to an activating group) is 1. The third-order valence-electron chi connectivity index (χ3n) is 6.77. The highest BCUT2D eigenvalue weighted by Crippen LogP contribution is 2.25. The zero-order chi connectivity index (χ0) is 23.4. The van der Waals surface area contributed by atoms with Crippen molar-refractivity contribution in [2.24, 2.45) is 0 Å². The van der Waals surface area contributed by atoms with Crippen molar-refractivity contribution >= 4 is 23.3 Å². The van der Waals surface area contributed by atoms with Gasteiger partial charge in [-0.05, 0) is 67.3 Å². The molecule has 0 aromatic heterocycles. The standard InChI is InChI=1S/C26H34N4O3/c1-4-18-5-8-21(9-6-18)28-26(32)30-17-23(33-3)16-24(30)25(31)27-22-10-7-19-11-13-29(2)14-12-20(19)15-22/h5-10,15,23-24H,4,11-14,16-17H2,1-3H3,(H,27,31)(H,28,32)/t23-,24-/m1/s1. The Labute approximate surface area is 196 Å². The van der Waals surface area contributed by atoms with Crippen LogP contribution in [0.4, 0.5) is 16.2 Å². The number of anilines is 2. The van der Waals surface area contributed by atoms with Crippen LogP contribution in [0.5, 0.6) is 0 Å². The van der Waals surface area contributed by atoms with Gasteiger partial charge in [0.15, 0.2) is 0 Å². The smallest absolute Gasteiger partial charge is 0.322 e. The number of nitrogens with zero attached hydrogens (tertiary/aromatic N) is 2. The van der Waals surface area contributed by atoms with E-state index in [4.69, 9.17) is 4.74 Å². The molecule has 7 nitrogen and oxygen atoms in total. The van der Waals surface area contributed by atoms with Crippen molar-refractivity contribution in [3.8, 4) is 0 Å². The van der Waals surface area contributed by atoms with Gasteiger partial charge in [0.1, 0.15) is 6.04 Å². The van der Waals surface area contributed by atoms with Gasteiger partial charge in [-0.15, -0.1) is 0 Å². The minimum Gasteiger partial charge on any atom is -0.380 e. The second kappa shape index (κ2) is 10.4.